The van der Waals surface area contributed by atoms with E-state index in [-0.39, 0.29) is 17.0 Å². The first-order valence-electron chi connectivity index (χ1n) is 8.31. The van der Waals surface area contributed by atoms with Crippen LogP contribution in [0.5, 0.6) is 0 Å². The summed E-state index contributed by atoms with van der Waals surface area (Å²) in [5, 5.41) is 0.319. The number of rotatable bonds is 4. The summed E-state index contributed by atoms with van der Waals surface area (Å²) in [6.45, 7) is 0. The molecule has 0 spiro atoms. The highest BCUT2D eigenvalue weighted by atomic mass is 32.2. The van der Waals surface area contributed by atoms with Crippen molar-refractivity contribution in [3.05, 3.63) is 71.9 Å². The molecule has 4 nitrogen and oxygen atoms in total. The number of anilines is 1. The van der Waals surface area contributed by atoms with E-state index in [9.17, 15) is 30.4 Å². The number of H-pyrrole nitrogens is 1. The van der Waals surface area contributed by atoms with Crippen LogP contribution in [0.2, 0.25) is 0 Å². The van der Waals surface area contributed by atoms with Gasteiger partial charge in [0.05, 0.1) is 11.3 Å². The van der Waals surface area contributed by atoms with Gasteiger partial charge in [-0.3, -0.25) is 4.72 Å². The number of fused-ring (bicyclic) bond motifs is 1. The van der Waals surface area contributed by atoms with Gasteiger partial charge >= 0.3 is 6.18 Å². The fourth-order valence-corrected chi connectivity index (χ4v) is 5.23. The van der Waals surface area contributed by atoms with Gasteiger partial charge in [0, 0.05) is 22.5 Å². The van der Waals surface area contributed by atoms with Gasteiger partial charge in [0.15, 0.2) is 0 Å². The predicted molar refractivity (Wildman–Crippen MR) is 104 cm³/mol. The van der Waals surface area contributed by atoms with Crippen molar-refractivity contribution in [1.29, 1.82) is 0 Å². The normalized spacial score (nSPS) is 12.4. The number of nitrogens with one attached hydrogen (secondary N) is 2. The SMILES string of the molecule is O=S(=O)(Nc1cc(F)c(C(F)(F)F)cc1F)c1c[nH]c2sc(-c3ccccc3)cc12. The smallest absolute Gasteiger partial charge is 0.352 e. The summed E-state index contributed by atoms with van der Waals surface area (Å²) in [5.74, 6) is -3.34. The number of hydrogen-bond acceptors (Lipinski definition) is 3. The molecule has 0 unspecified atom stereocenters. The zero-order chi connectivity index (χ0) is 21.7. The second-order valence-electron chi connectivity index (χ2n) is 6.29. The van der Waals surface area contributed by atoms with Crippen LogP contribution >= 0.6 is 11.3 Å². The number of aromatic amines is 1. The van der Waals surface area contributed by atoms with Crippen LogP contribution in [0.3, 0.4) is 0 Å². The molecule has 2 N–H and O–H groups in total. The molecule has 4 rings (SSSR count). The monoisotopic (exact) mass is 458 g/mol. The zero-order valence-electron chi connectivity index (χ0n) is 14.7. The number of thiophene rings is 1. The van der Waals surface area contributed by atoms with Gasteiger partial charge in [0.25, 0.3) is 10.0 Å². The van der Waals surface area contributed by atoms with Crippen molar-refractivity contribution in [3.8, 4) is 10.4 Å². The summed E-state index contributed by atoms with van der Waals surface area (Å²) in [5.41, 5.74) is -1.88. The lowest BCUT2D eigenvalue weighted by Crippen LogP contribution is -2.15. The van der Waals surface area contributed by atoms with Crippen LogP contribution in [-0.4, -0.2) is 13.4 Å². The molecule has 0 aliphatic carbocycles. The van der Waals surface area contributed by atoms with Crippen molar-refractivity contribution in [1.82, 2.24) is 4.98 Å². The summed E-state index contributed by atoms with van der Waals surface area (Å²) >= 11 is 1.30. The van der Waals surface area contributed by atoms with Gasteiger partial charge in [-0.15, -0.1) is 11.3 Å². The second kappa shape index (κ2) is 7.10. The summed E-state index contributed by atoms with van der Waals surface area (Å²) in [6.07, 6.45) is -3.93. The molecule has 0 bridgehead atoms. The Kier molecular flexibility index (Phi) is 4.82. The molecule has 0 saturated carbocycles. The maximum Gasteiger partial charge on any atom is 0.419 e. The van der Waals surface area contributed by atoms with Crippen molar-refractivity contribution in [2.24, 2.45) is 0 Å². The van der Waals surface area contributed by atoms with E-state index >= 15 is 0 Å². The van der Waals surface area contributed by atoms with Crippen LogP contribution in [0, 0.1) is 11.6 Å². The number of hydrogen-bond donors (Lipinski definition) is 2. The third kappa shape index (κ3) is 3.65. The van der Waals surface area contributed by atoms with Crippen LogP contribution in [-0.2, 0) is 16.2 Å². The van der Waals surface area contributed by atoms with Gasteiger partial charge in [-0.2, -0.15) is 13.2 Å². The lowest BCUT2D eigenvalue weighted by atomic mass is 10.2. The number of benzene rings is 2. The number of halogens is 5. The molecule has 2 aromatic heterocycles. The molecule has 156 valence electrons. The Morgan fingerprint density at radius 3 is 2.33 bits per heavy atom. The lowest BCUT2D eigenvalue weighted by molar-refractivity contribution is -0.140. The maximum absolute atomic E-state index is 14.1. The molecule has 2 heterocycles. The molecule has 0 aliphatic rings. The third-order valence-corrected chi connectivity index (χ3v) is 6.81. The number of alkyl halides is 3. The van der Waals surface area contributed by atoms with Crippen molar-refractivity contribution < 1.29 is 30.4 Å². The number of aromatic nitrogens is 1. The topological polar surface area (TPSA) is 62.0 Å². The van der Waals surface area contributed by atoms with E-state index in [2.05, 4.69) is 4.98 Å². The summed E-state index contributed by atoms with van der Waals surface area (Å²) in [6, 6.07) is 10.9. The first-order valence-corrected chi connectivity index (χ1v) is 10.6. The third-order valence-electron chi connectivity index (χ3n) is 4.29. The Hall–Kier alpha value is -2.92. The minimum absolute atomic E-state index is 0.0853. The molecule has 0 amide bonds. The standard InChI is InChI=1S/C19H11F5N2O2S2/c20-13-8-15(14(21)7-12(13)19(22,23)24)26-30(27,28)17-9-25-18-11(17)6-16(29-18)10-4-2-1-3-5-10/h1-9,25-26H. The highest BCUT2D eigenvalue weighted by Gasteiger charge is 2.35. The highest BCUT2D eigenvalue weighted by molar-refractivity contribution is 7.93. The van der Waals surface area contributed by atoms with Gasteiger partial charge in [-0.1, -0.05) is 30.3 Å². The Bertz CT molecular complexity index is 1340. The second-order valence-corrected chi connectivity index (χ2v) is 8.99. The Morgan fingerprint density at radius 2 is 1.67 bits per heavy atom. The molecule has 0 atom stereocenters. The molecule has 2 aromatic carbocycles. The minimum Gasteiger partial charge on any atom is -0.352 e. The van der Waals surface area contributed by atoms with Crippen LogP contribution in [0.1, 0.15) is 5.56 Å². The molecule has 0 radical (unpaired) electrons. The summed E-state index contributed by atoms with van der Waals surface area (Å²) < 4.78 is 93.2. The fourth-order valence-electron chi connectivity index (χ4n) is 2.90. The maximum atomic E-state index is 14.1. The van der Waals surface area contributed by atoms with Crippen molar-refractivity contribution in [2.75, 3.05) is 4.72 Å². The zero-order valence-corrected chi connectivity index (χ0v) is 16.4. The van der Waals surface area contributed by atoms with Crippen molar-refractivity contribution in [3.63, 3.8) is 0 Å². The largest absolute Gasteiger partial charge is 0.419 e. The molecule has 4 aromatic rings. The molecule has 11 heteroatoms. The van der Waals surface area contributed by atoms with Gasteiger partial charge in [0.1, 0.15) is 21.4 Å². The quantitative estimate of drug-likeness (QED) is 0.369. The van der Waals surface area contributed by atoms with Gasteiger partial charge in [-0.25, -0.2) is 17.2 Å². The average Bonchev–Trinajstić information content (AvgIpc) is 3.24. The minimum atomic E-state index is -5.11. The van der Waals surface area contributed by atoms with Crippen molar-refractivity contribution >= 4 is 37.3 Å². The Balaban J connectivity index is 1.72. The predicted octanol–water partition coefficient (Wildman–Crippen LogP) is 5.99. The van der Waals surface area contributed by atoms with Crippen LogP contribution < -0.4 is 4.72 Å². The van der Waals surface area contributed by atoms with E-state index in [0.29, 0.717) is 10.2 Å². The van der Waals surface area contributed by atoms with E-state index in [4.69, 9.17) is 0 Å². The van der Waals surface area contributed by atoms with Crippen LogP contribution in [0.25, 0.3) is 20.7 Å². The van der Waals surface area contributed by atoms with Crippen LogP contribution in [0.15, 0.2) is 59.6 Å². The molecule has 30 heavy (non-hydrogen) atoms. The molecular formula is C19H11F5N2O2S2. The average molecular weight is 458 g/mol. The van der Waals surface area contributed by atoms with Crippen LogP contribution in [0.4, 0.5) is 27.6 Å². The summed E-state index contributed by atoms with van der Waals surface area (Å²) in [4.78, 5) is 3.88. The molecular weight excluding hydrogens is 447 g/mol. The van der Waals surface area contributed by atoms with E-state index in [0.717, 1.165) is 10.4 Å². The van der Waals surface area contributed by atoms with Crippen molar-refractivity contribution in [2.45, 2.75) is 11.1 Å². The summed E-state index contributed by atoms with van der Waals surface area (Å²) in [7, 11) is -4.42. The fraction of sp³-hybridized carbons (Fsp3) is 0.0526. The van der Waals surface area contributed by atoms with E-state index < -0.39 is 39.1 Å². The highest BCUT2D eigenvalue weighted by Crippen LogP contribution is 2.38. The van der Waals surface area contributed by atoms with E-state index in [1.165, 1.54) is 17.5 Å². The lowest BCUT2D eigenvalue weighted by Gasteiger charge is -2.12. The first kappa shape index (κ1) is 20.4. The molecule has 0 saturated heterocycles. The van der Waals surface area contributed by atoms with Gasteiger partial charge < -0.3 is 4.98 Å². The van der Waals surface area contributed by atoms with Gasteiger partial charge in [-0.05, 0) is 17.7 Å². The van der Waals surface area contributed by atoms with Gasteiger partial charge in [0.2, 0.25) is 0 Å². The van der Waals surface area contributed by atoms with E-state index in [1.54, 1.807) is 6.07 Å². The Morgan fingerprint density at radius 1 is 0.967 bits per heavy atom. The molecule has 0 aliphatic heterocycles. The Labute approximate surface area is 171 Å². The molecule has 0 fully saturated rings. The first-order chi connectivity index (χ1) is 14.1. The number of sulfonamides is 1. The van der Waals surface area contributed by atoms with E-state index in [1.807, 2.05) is 35.1 Å².